The minimum atomic E-state index is -0.637. The predicted octanol–water partition coefficient (Wildman–Crippen LogP) is 1.14. The van der Waals surface area contributed by atoms with Crippen LogP contribution in [-0.2, 0) is 4.79 Å². The zero-order valence-corrected chi connectivity index (χ0v) is 11.4. The molecule has 0 unspecified atom stereocenters. The summed E-state index contributed by atoms with van der Waals surface area (Å²) in [5.74, 6) is 0.0812. The molecule has 1 aliphatic heterocycles. The summed E-state index contributed by atoms with van der Waals surface area (Å²) in [6, 6.07) is 7.70. The van der Waals surface area contributed by atoms with E-state index in [0.717, 1.165) is 37.1 Å². The number of aryl methyl sites for hydroxylation is 1. The van der Waals surface area contributed by atoms with E-state index in [9.17, 15) is 9.90 Å². The van der Waals surface area contributed by atoms with Crippen molar-refractivity contribution < 1.29 is 9.90 Å². The number of benzene rings is 1. The van der Waals surface area contributed by atoms with Crippen LogP contribution in [0.5, 0.6) is 0 Å². The summed E-state index contributed by atoms with van der Waals surface area (Å²) in [4.78, 5) is 12.0. The molecule has 3 N–H and O–H groups in total. The molecule has 19 heavy (non-hydrogen) atoms. The van der Waals surface area contributed by atoms with Gasteiger partial charge in [0.15, 0.2) is 0 Å². The van der Waals surface area contributed by atoms with Crippen molar-refractivity contribution in [1.82, 2.24) is 10.6 Å². The van der Waals surface area contributed by atoms with Crippen LogP contribution < -0.4 is 10.6 Å². The second-order valence-corrected chi connectivity index (χ2v) is 5.16. The summed E-state index contributed by atoms with van der Waals surface area (Å²) < 4.78 is 0. The SMILES string of the molecule is Cc1ccccc1[C@H](O)CNC(=O)[C@H]1CCCNC1. The molecule has 4 nitrogen and oxygen atoms in total. The number of hydrogen-bond acceptors (Lipinski definition) is 3. The van der Waals surface area contributed by atoms with Crippen molar-refractivity contribution in [2.75, 3.05) is 19.6 Å². The van der Waals surface area contributed by atoms with E-state index >= 15 is 0 Å². The van der Waals surface area contributed by atoms with Crippen molar-refractivity contribution in [3.8, 4) is 0 Å². The Morgan fingerprint density at radius 3 is 3.00 bits per heavy atom. The fourth-order valence-electron chi connectivity index (χ4n) is 2.49. The standard InChI is InChI=1S/C15H22N2O2/c1-11-5-2-3-7-13(11)14(18)10-17-15(19)12-6-4-8-16-9-12/h2-3,5,7,12,14,16,18H,4,6,8-10H2,1H3,(H,17,19)/t12-,14+/m0/s1. The normalized spacial score (nSPS) is 20.8. The maximum atomic E-state index is 12.0. The van der Waals surface area contributed by atoms with Gasteiger partial charge in [0, 0.05) is 13.1 Å². The first-order valence-corrected chi connectivity index (χ1v) is 6.90. The summed E-state index contributed by atoms with van der Waals surface area (Å²) in [6.07, 6.45) is 1.33. The Morgan fingerprint density at radius 2 is 2.32 bits per heavy atom. The lowest BCUT2D eigenvalue weighted by molar-refractivity contribution is -0.125. The van der Waals surface area contributed by atoms with Crippen molar-refractivity contribution >= 4 is 5.91 Å². The first-order valence-electron chi connectivity index (χ1n) is 6.90. The largest absolute Gasteiger partial charge is 0.387 e. The van der Waals surface area contributed by atoms with Gasteiger partial charge in [-0.2, -0.15) is 0 Å². The molecule has 0 saturated carbocycles. The molecule has 0 aromatic heterocycles. The first kappa shape index (κ1) is 14.0. The first-order chi connectivity index (χ1) is 9.18. The van der Waals surface area contributed by atoms with Gasteiger partial charge < -0.3 is 15.7 Å². The van der Waals surface area contributed by atoms with Crippen molar-refractivity contribution in [1.29, 1.82) is 0 Å². The maximum absolute atomic E-state index is 12.0. The summed E-state index contributed by atoms with van der Waals surface area (Å²) in [5, 5.41) is 16.2. The number of amides is 1. The fourth-order valence-corrected chi connectivity index (χ4v) is 2.49. The van der Waals surface area contributed by atoms with Crippen LogP contribution in [-0.4, -0.2) is 30.6 Å². The van der Waals surface area contributed by atoms with Crippen molar-refractivity contribution in [3.05, 3.63) is 35.4 Å². The smallest absolute Gasteiger partial charge is 0.224 e. The molecule has 0 aliphatic carbocycles. The van der Waals surface area contributed by atoms with Crippen LogP contribution in [0.3, 0.4) is 0 Å². The number of carbonyl (C=O) groups excluding carboxylic acids is 1. The Labute approximate surface area is 114 Å². The van der Waals surface area contributed by atoms with E-state index in [-0.39, 0.29) is 18.4 Å². The number of piperidine rings is 1. The molecule has 1 heterocycles. The molecule has 0 bridgehead atoms. The van der Waals surface area contributed by atoms with E-state index in [1.807, 2.05) is 31.2 Å². The van der Waals surface area contributed by atoms with Gasteiger partial charge in [-0.15, -0.1) is 0 Å². The van der Waals surface area contributed by atoms with Gasteiger partial charge in [0.1, 0.15) is 0 Å². The Kier molecular flexibility index (Phi) is 4.93. The van der Waals surface area contributed by atoms with Crippen LogP contribution >= 0.6 is 0 Å². The summed E-state index contributed by atoms with van der Waals surface area (Å²) in [6.45, 7) is 3.98. The van der Waals surface area contributed by atoms with Crippen molar-refractivity contribution in [3.63, 3.8) is 0 Å². The molecule has 0 spiro atoms. The van der Waals surface area contributed by atoms with Gasteiger partial charge in [-0.25, -0.2) is 0 Å². The number of carbonyl (C=O) groups is 1. The van der Waals surface area contributed by atoms with E-state index in [0.29, 0.717) is 0 Å². The fraction of sp³-hybridized carbons (Fsp3) is 0.533. The molecule has 1 fully saturated rings. The summed E-state index contributed by atoms with van der Waals surface area (Å²) in [7, 11) is 0. The molecule has 1 aliphatic rings. The highest BCUT2D eigenvalue weighted by Crippen LogP contribution is 2.17. The second-order valence-electron chi connectivity index (χ2n) is 5.16. The number of nitrogens with one attached hydrogen (secondary N) is 2. The highest BCUT2D eigenvalue weighted by Gasteiger charge is 2.21. The van der Waals surface area contributed by atoms with E-state index in [1.165, 1.54) is 0 Å². The predicted molar refractivity (Wildman–Crippen MR) is 74.7 cm³/mol. The van der Waals surface area contributed by atoms with E-state index in [4.69, 9.17) is 0 Å². The van der Waals surface area contributed by atoms with Gasteiger partial charge in [-0.05, 0) is 37.4 Å². The van der Waals surface area contributed by atoms with Gasteiger partial charge in [0.05, 0.1) is 12.0 Å². The number of rotatable bonds is 4. The molecular weight excluding hydrogens is 240 g/mol. The summed E-state index contributed by atoms with van der Waals surface area (Å²) in [5.41, 5.74) is 1.92. The van der Waals surface area contributed by atoms with Gasteiger partial charge >= 0.3 is 0 Å². The zero-order chi connectivity index (χ0) is 13.7. The Hall–Kier alpha value is -1.39. The molecule has 0 radical (unpaired) electrons. The van der Waals surface area contributed by atoms with Crippen LogP contribution in [0.25, 0.3) is 0 Å². The van der Waals surface area contributed by atoms with E-state index in [2.05, 4.69) is 10.6 Å². The van der Waals surface area contributed by atoms with Crippen molar-refractivity contribution in [2.24, 2.45) is 5.92 Å². The average molecular weight is 262 g/mol. The molecule has 104 valence electrons. The van der Waals surface area contributed by atoms with Crippen molar-refractivity contribution in [2.45, 2.75) is 25.9 Å². The second kappa shape index (κ2) is 6.68. The molecule has 1 amide bonds. The topological polar surface area (TPSA) is 61.4 Å². The molecule has 1 saturated heterocycles. The third kappa shape index (κ3) is 3.78. The lowest BCUT2D eigenvalue weighted by atomic mass is 9.98. The quantitative estimate of drug-likeness (QED) is 0.762. The average Bonchev–Trinajstić information content (AvgIpc) is 2.46. The number of aliphatic hydroxyl groups excluding tert-OH is 1. The van der Waals surface area contributed by atoms with E-state index < -0.39 is 6.10 Å². The lowest BCUT2D eigenvalue weighted by Gasteiger charge is -2.23. The Morgan fingerprint density at radius 1 is 1.53 bits per heavy atom. The van der Waals surface area contributed by atoms with Crippen LogP contribution in [0.15, 0.2) is 24.3 Å². The molecule has 4 heteroatoms. The van der Waals surface area contributed by atoms with Gasteiger partial charge in [-0.3, -0.25) is 4.79 Å². The molecule has 2 atom stereocenters. The monoisotopic (exact) mass is 262 g/mol. The third-order valence-corrected chi connectivity index (χ3v) is 3.68. The Balaban J connectivity index is 1.84. The summed E-state index contributed by atoms with van der Waals surface area (Å²) >= 11 is 0. The highest BCUT2D eigenvalue weighted by atomic mass is 16.3. The van der Waals surface area contributed by atoms with Gasteiger partial charge in [0.2, 0.25) is 5.91 Å². The molecular formula is C15H22N2O2. The maximum Gasteiger partial charge on any atom is 0.224 e. The molecule has 1 aromatic carbocycles. The minimum Gasteiger partial charge on any atom is -0.387 e. The molecule has 2 rings (SSSR count). The van der Waals surface area contributed by atoms with Crippen LogP contribution in [0.2, 0.25) is 0 Å². The lowest BCUT2D eigenvalue weighted by Crippen LogP contribution is -2.41. The van der Waals surface area contributed by atoms with Crippen LogP contribution in [0, 0.1) is 12.8 Å². The number of aliphatic hydroxyl groups is 1. The van der Waals surface area contributed by atoms with Crippen LogP contribution in [0.1, 0.15) is 30.1 Å². The highest BCUT2D eigenvalue weighted by molar-refractivity contribution is 5.79. The number of hydrogen-bond donors (Lipinski definition) is 3. The van der Waals surface area contributed by atoms with Gasteiger partial charge in [-0.1, -0.05) is 24.3 Å². The van der Waals surface area contributed by atoms with Gasteiger partial charge in [0.25, 0.3) is 0 Å². The minimum absolute atomic E-state index is 0.0396. The van der Waals surface area contributed by atoms with Crippen LogP contribution in [0.4, 0.5) is 0 Å². The third-order valence-electron chi connectivity index (χ3n) is 3.68. The molecule has 1 aromatic rings. The Bertz CT molecular complexity index is 428. The van der Waals surface area contributed by atoms with E-state index in [1.54, 1.807) is 0 Å². The zero-order valence-electron chi connectivity index (χ0n) is 11.4.